The first-order valence-electron chi connectivity index (χ1n) is 12.8. The summed E-state index contributed by atoms with van der Waals surface area (Å²) < 4.78 is 29.3. The molecule has 1 saturated heterocycles. The van der Waals surface area contributed by atoms with E-state index in [9.17, 15) is 13.5 Å². The van der Waals surface area contributed by atoms with E-state index in [-0.39, 0.29) is 17.0 Å². The zero-order valence-electron chi connectivity index (χ0n) is 20.3. The second kappa shape index (κ2) is 10.5. The van der Waals surface area contributed by atoms with Crippen LogP contribution < -0.4 is 4.31 Å². The summed E-state index contributed by atoms with van der Waals surface area (Å²) in [5, 5.41) is 12.4. The topological polar surface area (TPSA) is 60.9 Å². The maximum atomic E-state index is 13.8. The Balaban J connectivity index is 1.40. The fourth-order valence-electron chi connectivity index (χ4n) is 5.96. The Morgan fingerprint density at radius 2 is 1.44 bits per heavy atom. The minimum absolute atomic E-state index is 0.0349. The summed E-state index contributed by atoms with van der Waals surface area (Å²) in [5.74, 6) is 0. The van der Waals surface area contributed by atoms with Crippen LogP contribution in [-0.2, 0) is 15.6 Å². The number of likely N-dealkylation sites (tertiary alicyclic amines) is 1. The first-order valence-corrected chi connectivity index (χ1v) is 14.6. The lowest BCUT2D eigenvalue weighted by Crippen LogP contribution is -2.57. The highest BCUT2D eigenvalue weighted by Gasteiger charge is 2.45. The van der Waals surface area contributed by atoms with Gasteiger partial charge in [0.25, 0.3) is 10.0 Å². The summed E-state index contributed by atoms with van der Waals surface area (Å²) in [6.07, 6.45) is 5.21. The molecule has 1 aliphatic carbocycles. The molecule has 5 nitrogen and oxygen atoms in total. The number of rotatable bonds is 6. The number of aliphatic hydroxyl groups is 1. The molecule has 2 atom stereocenters. The summed E-state index contributed by atoms with van der Waals surface area (Å²) >= 11 is 6.03. The quantitative estimate of drug-likeness (QED) is 0.440. The third-order valence-corrected chi connectivity index (χ3v) is 9.91. The van der Waals surface area contributed by atoms with Crippen LogP contribution in [0.1, 0.15) is 44.1 Å². The van der Waals surface area contributed by atoms with Crippen molar-refractivity contribution in [2.24, 2.45) is 0 Å². The molecule has 36 heavy (non-hydrogen) atoms. The smallest absolute Gasteiger partial charge is 0.264 e. The van der Waals surface area contributed by atoms with Crippen molar-refractivity contribution in [3.63, 3.8) is 0 Å². The molecule has 0 aromatic heterocycles. The van der Waals surface area contributed by atoms with Crippen LogP contribution in [0.2, 0.25) is 5.02 Å². The van der Waals surface area contributed by atoms with Crippen molar-refractivity contribution in [2.45, 2.75) is 61.1 Å². The van der Waals surface area contributed by atoms with Crippen LogP contribution in [0, 0.1) is 0 Å². The monoisotopic (exact) mass is 524 g/mol. The number of para-hydroxylation sites is 1. The van der Waals surface area contributed by atoms with Gasteiger partial charge in [-0.3, -0.25) is 9.21 Å². The lowest BCUT2D eigenvalue weighted by molar-refractivity contribution is -0.0849. The summed E-state index contributed by atoms with van der Waals surface area (Å²) in [6.45, 7) is 1.48. The molecule has 2 fully saturated rings. The summed E-state index contributed by atoms with van der Waals surface area (Å²) in [6, 6.07) is 25.6. The molecule has 2 aliphatic rings. The van der Waals surface area contributed by atoms with Gasteiger partial charge in [-0.05, 0) is 67.6 Å². The van der Waals surface area contributed by atoms with E-state index in [1.807, 2.05) is 60.7 Å². The van der Waals surface area contributed by atoms with Gasteiger partial charge in [0.05, 0.1) is 10.6 Å². The van der Waals surface area contributed by atoms with Gasteiger partial charge in [-0.1, -0.05) is 73.0 Å². The van der Waals surface area contributed by atoms with E-state index in [0.717, 1.165) is 44.3 Å². The Morgan fingerprint density at radius 3 is 2.08 bits per heavy atom. The maximum Gasteiger partial charge on any atom is 0.264 e. The van der Waals surface area contributed by atoms with Crippen molar-refractivity contribution in [3.8, 4) is 0 Å². The van der Waals surface area contributed by atoms with Gasteiger partial charge in [0.15, 0.2) is 0 Å². The van der Waals surface area contributed by atoms with Crippen LogP contribution in [0.15, 0.2) is 89.8 Å². The minimum Gasteiger partial charge on any atom is -0.384 e. The van der Waals surface area contributed by atoms with Crippen LogP contribution in [0.25, 0.3) is 0 Å². The van der Waals surface area contributed by atoms with E-state index in [1.165, 1.54) is 0 Å². The molecule has 1 N–H and O–H groups in total. The number of anilines is 1. The van der Waals surface area contributed by atoms with Gasteiger partial charge in [0.1, 0.15) is 5.60 Å². The molecule has 0 spiro atoms. The van der Waals surface area contributed by atoms with Crippen molar-refractivity contribution in [3.05, 3.63) is 95.5 Å². The van der Waals surface area contributed by atoms with Gasteiger partial charge >= 0.3 is 0 Å². The number of halogens is 1. The van der Waals surface area contributed by atoms with Crippen molar-refractivity contribution in [1.29, 1.82) is 0 Å². The van der Waals surface area contributed by atoms with Crippen molar-refractivity contribution >= 4 is 27.3 Å². The lowest BCUT2D eigenvalue weighted by Gasteiger charge is -2.49. The Kier molecular flexibility index (Phi) is 7.40. The minimum atomic E-state index is -3.77. The molecule has 2 unspecified atom stereocenters. The summed E-state index contributed by atoms with van der Waals surface area (Å²) in [7, 11) is -3.77. The molecule has 3 aromatic rings. The lowest BCUT2D eigenvalue weighted by atomic mass is 9.74. The average molecular weight is 525 g/mol. The molecule has 5 rings (SSSR count). The van der Waals surface area contributed by atoms with E-state index in [2.05, 4.69) is 4.90 Å². The maximum absolute atomic E-state index is 13.8. The fraction of sp³-hybridized carbons (Fsp3) is 0.379. The number of sulfonamides is 1. The highest BCUT2D eigenvalue weighted by Crippen LogP contribution is 2.41. The Bertz CT molecular complexity index is 1250. The molecular weight excluding hydrogens is 492 g/mol. The number of piperidine rings is 1. The SMILES string of the molecule is O=S(=O)(c1ccc(Cl)cc1)N(c1ccccc1)C1CCN(C2CCCCC2(O)c2ccccc2)CC1. The first-order chi connectivity index (χ1) is 17.4. The second-order valence-electron chi connectivity index (χ2n) is 9.91. The summed E-state index contributed by atoms with van der Waals surface area (Å²) in [5.41, 5.74) is 0.776. The molecular formula is C29H33ClN2O3S. The number of nitrogens with zero attached hydrogens (tertiary/aromatic N) is 2. The van der Waals surface area contributed by atoms with E-state index in [1.54, 1.807) is 28.6 Å². The van der Waals surface area contributed by atoms with Crippen molar-refractivity contribution in [1.82, 2.24) is 4.90 Å². The predicted octanol–water partition coefficient (Wildman–Crippen LogP) is 5.83. The van der Waals surface area contributed by atoms with Crippen molar-refractivity contribution < 1.29 is 13.5 Å². The first kappa shape index (κ1) is 25.3. The van der Waals surface area contributed by atoms with Crippen LogP contribution in [0.3, 0.4) is 0 Å². The van der Waals surface area contributed by atoms with E-state index in [0.29, 0.717) is 23.6 Å². The van der Waals surface area contributed by atoms with E-state index >= 15 is 0 Å². The van der Waals surface area contributed by atoms with Gasteiger partial charge in [-0.15, -0.1) is 0 Å². The van der Waals surface area contributed by atoms with Gasteiger partial charge in [-0.2, -0.15) is 0 Å². The molecule has 3 aromatic carbocycles. The largest absolute Gasteiger partial charge is 0.384 e. The van der Waals surface area contributed by atoms with Gasteiger partial charge in [0, 0.05) is 30.2 Å². The molecule has 7 heteroatoms. The highest BCUT2D eigenvalue weighted by atomic mass is 35.5. The molecule has 1 saturated carbocycles. The average Bonchev–Trinajstić information content (AvgIpc) is 2.91. The van der Waals surface area contributed by atoms with Crippen LogP contribution in [-0.4, -0.2) is 43.6 Å². The molecule has 0 radical (unpaired) electrons. The molecule has 190 valence electrons. The number of hydrogen-bond donors (Lipinski definition) is 1. The van der Waals surface area contributed by atoms with Gasteiger partial charge in [0.2, 0.25) is 0 Å². The predicted molar refractivity (Wildman–Crippen MR) is 145 cm³/mol. The fourth-order valence-corrected chi connectivity index (χ4v) is 7.79. The van der Waals surface area contributed by atoms with Crippen LogP contribution in [0.5, 0.6) is 0 Å². The molecule has 0 bridgehead atoms. The Morgan fingerprint density at radius 1 is 0.833 bits per heavy atom. The zero-order valence-corrected chi connectivity index (χ0v) is 21.9. The van der Waals surface area contributed by atoms with Crippen molar-refractivity contribution in [2.75, 3.05) is 17.4 Å². The van der Waals surface area contributed by atoms with Gasteiger partial charge in [-0.25, -0.2) is 8.42 Å². The van der Waals surface area contributed by atoms with E-state index in [4.69, 9.17) is 11.6 Å². The van der Waals surface area contributed by atoms with Gasteiger partial charge < -0.3 is 5.11 Å². The third kappa shape index (κ3) is 4.92. The highest BCUT2D eigenvalue weighted by molar-refractivity contribution is 7.92. The van der Waals surface area contributed by atoms with Crippen LogP contribution in [0.4, 0.5) is 5.69 Å². The third-order valence-electron chi connectivity index (χ3n) is 7.76. The van der Waals surface area contributed by atoms with E-state index < -0.39 is 15.6 Å². The Labute approximate surface area is 219 Å². The Hall–Kier alpha value is -2.38. The van der Waals surface area contributed by atoms with Crippen LogP contribution >= 0.6 is 11.6 Å². The summed E-state index contributed by atoms with van der Waals surface area (Å²) in [4.78, 5) is 2.63. The zero-order chi connectivity index (χ0) is 25.2. The number of benzene rings is 3. The second-order valence-corrected chi connectivity index (χ2v) is 12.2. The molecule has 1 aliphatic heterocycles. The molecule has 0 amide bonds. The normalized spacial score (nSPS) is 23.9. The standard InChI is InChI=1S/C29H33ClN2O3S/c30-24-14-16-27(17-15-24)36(34,35)32(25-11-5-2-6-12-25)26-18-21-31(22-19-26)28-13-7-8-20-29(28,33)23-9-3-1-4-10-23/h1-6,9-12,14-17,26,28,33H,7-8,13,18-22H2. The number of hydrogen-bond acceptors (Lipinski definition) is 4. The molecule has 1 heterocycles.